The summed E-state index contributed by atoms with van der Waals surface area (Å²) in [4.78, 5) is 4.42. The Labute approximate surface area is 154 Å². The topological polar surface area (TPSA) is 77.8 Å². The SMILES string of the molecule is Cc1ccc(-c2nc(CSc3nnc(-c4ccccc4C)o3)no2)cc1. The molecule has 0 amide bonds. The van der Waals surface area contributed by atoms with Gasteiger partial charge >= 0.3 is 0 Å². The number of nitrogens with zero attached hydrogens (tertiary/aromatic N) is 4. The molecule has 4 rings (SSSR count). The van der Waals surface area contributed by atoms with E-state index in [0.29, 0.717) is 28.6 Å². The van der Waals surface area contributed by atoms with E-state index in [1.165, 1.54) is 17.3 Å². The molecule has 0 aliphatic rings. The van der Waals surface area contributed by atoms with Gasteiger partial charge < -0.3 is 8.94 Å². The zero-order valence-corrected chi connectivity index (χ0v) is 15.2. The molecule has 0 bridgehead atoms. The lowest BCUT2D eigenvalue weighted by molar-refractivity contribution is 0.425. The fraction of sp³-hybridized carbons (Fsp3) is 0.158. The van der Waals surface area contributed by atoms with Crippen LogP contribution in [-0.2, 0) is 5.75 Å². The highest BCUT2D eigenvalue weighted by molar-refractivity contribution is 7.98. The average Bonchev–Trinajstić information content (AvgIpc) is 3.30. The van der Waals surface area contributed by atoms with E-state index in [0.717, 1.165) is 16.7 Å². The van der Waals surface area contributed by atoms with Gasteiger partial charge in [-0.3, -0.25) is 0 Å². The second kappa shape index (κ2) is 7.13. The van der Waals surface area contributed by atoms with Gasteiger partial charge in [-0.15, -0.1) is 10.2 Å². The number of rotatable bonds is 5. The maximum absolute atomic E-state index is 5.73. The van der Waals surface area contributed by atoms with Gasteiger partial charge in [-0.05, 0) is 37.6 Å². The molecular formula is C19H16N4O2S. The molecule has 0 N–H and O–H groups in total. The van der Waals surface area contributed by atoms with Gasteiger partial charge in [0.15, 0.2) is 5.82 Å². The van der Waals surface area contributed by atoms with Crippen LogP contribution in [0.15, 0.2) is 62.7 Å². The van der Waals surface area contributed by atoms with Gasteiger partial charge in [-0.25, -0.2) is 0 Å². The van der Waals surface area contributed by atoms with Crippen molar-refractivity contribution in [2.45, 2.75) is 24.8 Å². The summed E-state index contributed by atoms with van der Waals surface area (Å²) in [5.74, 6) is 2.09. The first-order chi connectivity index (χ1) is 12.7. The fourth-order valence-corrected chi connectivity index (χ4v) is 3.05. The van der Waals surface area contributed by atoms with Crippen LogP contribution in [-0.4, -0.2) is 20.3 Å². The summed E-state index contributed by atoms with van der Waals surface area (Å²) in [7, 11) is 0. The second-order valence-corrected chi connectivity index (χ2v) is 6.79. The molecule has 6 nitrogen and oxygen atoms in total. The molecular weight excluding hydrogens is 348 g/mol. The molecule has 0 fully saturated rings. The molecule has 0 saturated carbocycles. The van der Waals surface area contributed by atoms with Crippen LogP contribution in [0.4, 0.5) is 0 Å². The van der Waals surface area contributed by atoms with Gasteiger partial charge in [-0.1, -0.05) is 52.8 Å². The van der Waals surface area contributed by atoms with Gasteiger partial charge in [-0.2, -0.15) is 4.98 Å². The Bertz CT molecular complexity index is 1020. The molecule has 7 heteroatoms. The standard InChI is InChI=1S/C19H16N4O2S/c1-12-7-9-14(10-8-12)17-20-16(23-25-17)11-26-19-22-21-18(24-19)15-6-4-3-5-13(15)2/h3-10H,11H2,1-2H3. The highest BCUT2D eigenvalue weighted by Crippen LogP contribution is 2.27. The molecule has 2 aromatic carbocycles. The van der Waals surface area contributed by atoms with Crippen molar-refractivity contribution in [1.29, 1.82) is 0 Å². The quantitative estimate of drug-likeness (QED) is 0.475. The van der Waals surface area contributed by atoms with Crippen LogP contribution < -0.4 is 0 Å². The van der Waals surface area contributed by atoms with E-state index in [1.54, 1.807) is 0 Å². The molecule has 130 valence electrons. The zero-order valence-electron chi connectivity index (χ0n) is 14.3. The molecule has 0 unspecified atom stereocenters. The Hall–Kier alpha value is -2.93. The highest BCUT2D eigenvalue weighted by atomic mass is 32.2. The number of hydrogen-bond acceptors (Lipinski definition) is 7. The predicted molar refractivity (Wildman–Crippen MR) is 98.5 cm³/mol. The molecule has 0 atom stereocenters. The third kappa shape index (κ3) is 3.52. The molecule has 2 aromatic heterocycles. The maximum atomic E-state index is 5.73. The largest absolute Gasteiger partial charge is 0.411 e. The fourth-order valence-electron chi connectivity index (χ4n) is 2.44. The van der Waals surface area contributed by atoms with Gasteiger partial charge in [0.25, 0.3) is 11.1 Å². The van der Waals surface area contributed by atoms with Crippen LogP contribution in [0.1, 0.15) is 17.0 Å². The van der Waals surface area contributed by atoms with E-state index in [4.69, 9.17) is 8.94 Å². The molecule has 0 saturated heterocycles. The maximum Gasteiger partial charge on any atom is 0.277 e. The van der Waals surface area contributed by atoms with Gasteiger partial charge in [0, 0.05) is 11.1 Å². The highest BCUT2D eigenvalue weighted by Gasteiger charge is 2.13. The van der Waals surface area contributed by atoms with Crippen LogP contribution >= 0.6 is 11.8 Å². The van der Waals surface area contributed by atoms with Crippen molar-refractivity contribution >= 4 is 11.8 Å². The van der Waals surface area contributed by atoms with Crippen LogP contribution in [0.5, 0.6) is 0 Å². The summed E-state index contributed by atoms with van der Waals surface area (Å²) < 4.78 is 11.1. The molecule has 0 spiro atoms. The van der Waals surface area contributed by atoms with Crippen molar-refractivity contribution in [3.8, 4) is 22.9 Å². The minimum Gasteiger partial charge on any atom is -0.411 e. The Kier molecular flexibility index (Phi) is 4.53. The third-order valence-corrected chi connectivity index (χ3v) is 4.69. The van der Waals surface area contributed by atoms with Crippen molar-refractivity contribution < 1.29 is 8.94 Å². The number of aromatic nitrogens is 4. The minimum atomic E-state index is 0.477. The van der Waals surface area contributed by atoms with Crippen molar-refractivity contribution in [2.24, 2.45) is 0 Å². The average molecular weight is 364 g/mol. The Morgan fingerprint density at radius 2 is 1.73 bits per heavy atom. The summed E-state index contributed by atoms with van der Waals surface area (Å²) >= 11 is 1.38. The minimum absolute atomic E-state index is 0.477. The number of thioether (sulfide) groups is 1. The summed E-state index contributed by atoms with van der Waals surface area (Å²) in [6, 6.07) is 15.9. The van der Waals surface area contributed by atoms with Crippen molar-refractivity contribution in [3.05, 3.63) is 65.5 Å². The smallest absolute Gasteiger partial charge is 0.277 e. The Morgan fingerprint density at radius 3 is 2.54 bits per heavy atom. The normalized spacial score (nSPS) is 11.0. The van der Waals surface area contributed by atoms with E-state index in [9.17, 15) is 0 Å². The Balaban J connectivity index is 1.44. The van der Waals surface area contributed by atoms with E-state index >= 15 is 0 Å². The molecule has 0 aliphatic carbocycles. The van der Waals surface area contributed by atoms with Crippen LogP contribution in [0.25, 0.3) is 22.9 Å². The lowest BCUT2D eigenvalue weighted by Crippen LogP contribution is -1.84. The first kappa shape index (κ1) is 16.5. The number of benzene rings is 2. The van der Waals surface area contributed by atoms with Gasteiger partial charge in [0.05, 0.1) is 5.75 Å². The lowest BCUT2D eigenvalue weighted by Gasteiger charge is -1.98. The monoisotopic (exact) mass is 364 g/mol. The molecule has 0 radical (unpaired) electrons. The molecule has 2 heterocycles. The molecule has 4 aromatic rings. The first-order valence-electron chi connectivity index (χ1n) is 8.11. The third-order valence-electron chi connectivity index (χ3n) is 3.87. The Morgan fingerprint density at radius 1 is 0.923 bits per heavy atom. The first-order valence-corrected chi connectivity index (χ1v) is 9.09. The number of hydrogen-bond donors (Lipinski definition) is 0. The zero-order chi connectivity index (χ0) is 17.9. The van der Waals surface area contributed by atoms with E-state index in [2.05, 4.69) is 20.3 Å². The van der Waals surface area contributed by atoms with Crippen LogP contribution in [0.2, 0.25) is 0 Å². The summed E-state index contributed by atoms with van der Waals surface area (Å²) in [6.07, 6.45) is 0. The van der Waals surface area contributed by atoms with Crippen LogP contribution in [0, 0.1) is 13.8 Å². The summed E-state index contributed by atoms with van der Waals surface area (Å²) in [5, 5.41) is 12.7. The summed E-state index contributed by atoms with van der Waals surface area (Å²) in [6.45, 7) is 4.05. The van der Waals surface area contributed by atoms with E-state index < -0.39 is 0 Å². The molecule has 0 aliphatic heterocycles. The number of aryl methyl sites for hydroxylation is 2. The van der Waals surface area contributed by atoms with E-state index in [1.807, 2.05) is 62.4 Å². The van der Waals surface area contributed by atoms with Crippen molar-refractivity contribution in [1.82, 2.24) is 20.3 Å². The summed E-state index contributed by atoms with van der Waals surface area (Å²) in [5.41, 5.74) is 4.12. The van der Waals surface area contributed by atoms with Crippen molar-refractivity contribution in [2.75, 3.05) is 0 Å². The van der Waals surface area contributed by atoms with Crippen LogP contribution in [0.3, 0.4) is 0 Å². The van der Waals surface area contributed by atoms with E-state index in [-0.39, 0.29) is 0 Å². The van der Waals surface area contributed by atoms with Gasteiger partial charge in [0.1, 0.15) is 0 Å². The second-order valence-electron chi connectivity index (χ2n) is 5.86. The predicted octanol–water partition coefficient (Wildman–Crippen LogP) is 4.70. The van der Waals surface area contributed by atoms with Gasteiger partial charge in [0.2, 0.25) is 5.89 Å². The van der Waals surface area contributed by atoms with Crippen molar-refractivity contribution in [3.63, 3.8) is 0 Å². The molecule has 26 heavy (non-hydrogen) atoms. The lowest BCUT2D eigenvalue weighted by atomic mass is 10.1.